The fourth-order valence-electron chi connectivity index (χ4n) is 5.22. The molecule has 2 atom stereocenters. The van der Waals surface area contributed by atoms with Crippen LogP contribution in [0.4, 0.5) is 27.8 Å². The van der Waals surface area contributed by atoms with Crippen LogP contribution in [0.1, 0.15) is 102 Å². The number of nitrogen functional groups attached to an aromatic ring is 1. The maximum absolute atomic E-state index is 13.7. The molecule has 0 bridgehead atoms. The lowest BCUT2D eigenvalue weighted by atomic mass is 10.0. The maximum atomic E-state index is 13.7. The molecule has 9 nitrogen and oxygen atoms in total. The largest absolute Gasteiger partial charge is 0.382 e. The van der Waals surface area contributed by atoms with Crippen LogP contribution in [0.15, 0.2) is 12.7 Å². The Kier molecular flexibility index (Phi) is 15.8. The number of unbranched alkanes of at least 4 members (excludes halogenated alkanes) is 13. The lowest BCUT2D eigenvalue weighted by Crippen LogP contribution is -2.17. The number of halogens is 5. The number of fused-ring (bicyclic) bond motifs is 1. The van der Waals surface area contributed by atoms with Crippen molar-refractivity contribution in [1.82, 2.24) is 19.5 Å². The molecule has 46 heavy (non-hydrogen) atoms. The summed E-state index contributed by atoms with van der Waals surface area (Å²) >= 11 is 0. The first-order valence-corrected chi connectivity index (χ1v) is 17.8. The second-order valence-electron chi connectivity index (χ2n) is 11.7. The Bertz CT molecular complexity index is 1400. The smallest absolute Gasteiger partial charge is 0.353 e. The number of hydrogen-bond donors (Lipinski definition) is 2. The molecule has 0 radical (unpaired) electrons. The lowest BCUT2D eigenvalue weighted by Gasteiger charge is -2.17. The Morgan fingerprint density at radius 1 is 0.783 bits per heavy atom. The molecule has 3 N–H and O–H groups in total. The van der Waals surface area contributed by atoms with Crippen molar-refractivity contribution in [1.29, 1.82) is 0 Å². The summed E-state index contributed by atoms with van der Waals surface area (Å²) in [5.41, 5.74) is 6.13. The summed E-state index contributed by atoms with van der Waals surface area (Å²) in [5, 5.41) is 0. The number of nitrogens with zero attached hydrogens (tertiary/aromatic N) is 4. The number of nitrogens with two attached hydrogens (primary N) is 1. The molecule has 0 fully saturated rings. The highest BCUT2D eigenvalue weighted by Gasteiger charge is 2.25. The first-order chi connectivity index (χ1) is 22.0. The van der Waals surface area contributed by atoms with Crippen LogP contribution in [0, 0.1) is 29.1 Å². The van der Waals surface area contributed by atoms with Gasteiger partial charge in [-0.25, -0.2) is 36.9 Å². The standard InChI is InChI=1S/C31H45F5N5O4P/c1-22(18-41-20-40-29-30(37)38-19-39-31(29)41)44-21-46(42,43)45-17-15-13-11-9-7-5-3-2-4-6-8-10-12-14-16-23-24(32)26(34)28(36)27(35)25(23)33/h19-20,22H,2-18,21H2,1H3,(H,42,43)(H2,37,38,39)/t22-/m1/s1. The van der Waals surface area contributed by atoms with Crippen molar-refractivity contribution >= 4 is 24.6 Å². The van der Waals surface area contributed by atoms with Crippen LogP contribution in [-0.4, -0.2) is 43.5 Å². The summed E-state index contributed by atoms with van der Waals surface area (Å²) in [4.78, 5) is 22.4. The van der Waals surface area contributed by atoms with E-state index in [0.717, 1.165) is 70.6 Å². The second-order valence-corrected chi connectivity index (χ2v) is 13.4. The number of rotatable bonds is 23. The van der Waals surface area contributed by atoms with Gasteiger partial charge in [0.2, 0.25) is 5.82 Å². The van der Waals surface area contributed by atoms with E-state index < -0.39 is 48.6 Å². The SMILES string of the molecule is C[C@H](Cn1cnc2c(N)ncnc21)OCP(=O)(O)OCCCCCCCCCCCCCCCCc1c(F)c(F)c(F)c(F)c1F. The van der Waals surface area contributed by atoms with Gasteiger partial charge in [-0.3, -0.25) is 4.57 Å². The van der Waals surface area contributed by atoms with E-state index in [0.29, 0.717) is 37.0 Å². The molecule has 1 unspecified atom stereocenters. The highest BCUT2D eigenvalue weighted by molar-refractivity contribution is 7.52. The molecule has 2 heterocycles. The van der Waals surface area contributed by atoms with Crippen LogP contribution >= 0.6 is 7.60 Å². The molecule has 0 aliphatic heterocycles. The predicted molar refractivity (Wildman–Crippen MR) is 166 cm³/mol. The number of hydrogen-bond acceptors (Lipinski definition) is 7. The van der Waals surface area contributed by atoms with Gasteiger partial charge >= 0.3 is 7.60 Å². The van der Waals surface area contributed by atoms with E-state index >= 15 is 0 Å². The van der Waals surface area contributed by atoms with E-state index in [4.69, 9.17) is 15.0 Å². The van der Waals surface area contributed by atoms with E-state index in [1.54, 1.807) is 17.8 Å². The number of imidazole rings is 1. The quantitative estimate of drug-likeness (QED) is 0.0337. The first-order valence-electron chi connectivity index (χ1n) is 16.0. The van der Waals surface area contributed by atoms with Crippen LogP contribution in [0.5, 0.6) is 0 Å². The summed E-state index contributed by atoms with van der Waals surface area (Å²) in [6.45, 7) is 2.35. The van der Waals surface area contributed by atoms with Gasteiger partial charge in [-0.2, -0.15) is 0 Å². The maximum Gasteiger partial charge on any atom is 0.353 e. The Morgan fingerprint density at radius 3 is 1.85 bits per heavy atom. The van der Waals surface area contributed by atoms with Crippen molar-refractivity contribution in [3.05, 3.63) is 47.3 Å². The van der Waals surface area contributed by atoms with Crippen molar-refractivity contribution in [2.45, 2.75) is 116 Å². The minimum Gasteiger partial charge on any atom is -0.382 e. The summed E-state index contributed by atoms with van der Waals surface area (Å²) in [5.74, 6) is -9.06. The molecule has 0 aliphatic carbocycles. The highest BCUT2D eigenvalue weighted by atomic mass is 31.2. The Hall–Kier alpha value is -2.67. The van der Waals surface area contributed by atoms with Gasteiger partial charge in [-0.05, 0) is 26.2 Å². The van der Waals surface area contributed by atoms with Gasteiger partial charge in [0.25, 0.3) is 0 Å². The van der Waals surface area contributed by atoms with Crippen molar-refractivity contribution < 1.29 is 40.7 Å². The predicted octanol–water partition coefficient (Wildman–Crippen LogP) is 8.37. The average molecular weight is 678 g/mol. The second kappa shape index (κ2) is 19.2. The molecular weight excluding hydrogens is 632 g/mol. The highest BCUT2D eigenvalue weighted by Crippen LogP contribution is 2.42. The molecule has 0 aliphatic rings. The molecule has 0 spiro atoms. The molecule has 15 heteroatoms. The van der Waals surface area contributed by atoms with E-state index in [9.17, 15) is 31.4 Å². The molecule has 0 amide bonds. The minimum absolute atomic E-state index is 0.171. The van der Waals surface area contributed by atoms with Crippen molar-refractivity contribution in [2.24, 2.45) is 0 Å². The topological polar surface area (TPSA) is 125 Å². The van der Waals surface area contributed by atoms with Gasteiger partial charge in [-0.1, -0.05) is 77.0 Å². The van der Waals surface area contributed by atoms with Gasteiger partial charge in [0.15, 0.2) is 34.7 Å². The van der Waals surface area contributed by atoms with Gasteiger partial charge in [-0.15, -0.1) is 0 Å². The van der Waals surface area contributed by atoms with Crippen molar-refractivity contribution in [3.63, 3.8) is 0 Å². The van der Waals surface area contributed by atoms with Crippen LogP contribution < -0.4 is 5.73 Å². The zero-order chi connectivity index (χ0) is 33.5. The minimum atomic E-state index is -3.86. The van der Waals surface area contributed by atoms with Crippen molar-refractivity contribution in [3.8, 4) is 0 Å². The molecule has 1 aromatic carbocycles. The lowest BCUT2D eigenvalue weighted by molar-refractivity contribution is 0.0715. The van der Waals surface area contributed by atoms with Gasteiger partial charge in [0, 0.05) is 5.56 Å². The summed E-state index contributed by atoms with van der Waals surface area (Å²) < 4.78 is 91.9. The third kappa shape index (κ3) is 11.8. The third-order valence-electron chi connectivity index (χ3n) is 7.82. The summed E-state index contributed by atoms with van der Waals surface area (Å²) in [6.07, 6.45) is 15.3. The molecule has 258 valence electrons. The monoisotopic (exact) mass is 677 g/mol. The first kappa shape index (κ1) is 37.8. The van der Waals surface area contributed by atoms with Crippen molar-refractivity contribution in [2.75, 3.05) is 18.7 Å². The molecular formula is C31H45F5N5O4P. The Morgan fingerprint density at radius 2 is 1.28 bits per heavy atom. The van der Waals surface area contributed by atoms with E-state index in [2.05, 4.69) is 15.0 Å². The molecule has 3 aromatic rings. The van der Waals surface area contributed by atoms with Crippen LogP contribution in [0.3, 0.4) is 0 Å². The number of benzene rings is 1. The van der Waals surface area contributed by atoms with E-state index in [1.165, 1.54) is 6.33 Å². The number of ether oxygens (including phenoxy) is 1. The third-order valence-corrected chi connectivity index (χ3v) is 8.88. The van der Waals surface area contributed by atoms with Crippen LogP contribution in [0.2, 0.25) is 0 Å². The van der Waals surface area contributed by atoms with Gasteiger partial charge in [0.05, 0.1) is 25.6 Å². The van der Waals surface area contributed by atoms with E-state index in [-0.39, 0.29) is 24.9 Å². The molecule has 0 saturated carbocycles. The Labute approximate surface area is 266 Å². The number of aromatic nitrogens is 4. The zero-order valence-corrected chi connectivity index (χ0v) is 27.2. The van der Waals surface area contributed by atoms with E-state index in [1.807, 2.05) is 0 Å². The molecule has 3 rings (SSSR count). The molecule has 0 saturated heterocycles. The molecule has 2 aromatic heterocycles. The fourth-order valence-corrected chi connectivity index (χ4v) is 6.15. The summed E-state index contributed by atoms with van der Waals surface area (Å²) in [7, 11) is -3.86. The normalized spacial score (nSPS) is 13.8. The Balaban J connectivity index is 1.10. The van der Waals surface area contributed by atoms with Gasteiger partial charge in [0.1, 0.15) is 18.2 Å². The number of anilines is 1. The average Bonchev–Trinajstić information content (AvgIpc) is 3.44. The van der Waals surface area contributed by atoms with Crippen LogP contribution in [0.25, 0.3) is 11.2 Å². The fraction of sp³-hybridized carbons (Fsp3) is 0.645. The van der Waals surface area contributed by atoms with Gasteiger partial charge < -0.3 is 24.5 Å². The summed E-state index contributed by atoms with van der Waals surface area (Å²) in [6, 6.07) is 0. The zero-order valence-electron chi connectivity index (χ0n) is 26.3. The van der Waals surface area contributed by atoms with Crippen LogP contribution in [-0.2, 0) is 26.8 Å².